The van der Waals surface area contributed by atoms with Gasteiger partial charge in [-0.1, -0.05) is 174 Å². The Morgan fingerprint density at radius 3 is 1.28 bits per heavy atom. The smallest absolute Gasteiger partial charge is 0.312 e. The molecule has 3 aromatic rings. The molecular weight excluding hydrogens is 955 g/mol. The number of fused-ring (bicyclic) bond motifs is 2. The predicted octanol–water partition coefficient (Wildman–Crippen LogP) is 10.2. The van der Waals surface area contributed by atoms with Crippen molar-refractivity contribution in [1.29, 1.82) is 0 Å². The number of carbonyl (C=O) groups is 6. The number of carbonyl (C=O) groups excluding carboxylic acids is 6. The highest BCUT2D eigenvalue weighted by Gasteiger charge is 2.27. The molecule has 0 bridgehead atoms. The third kappa shape index (κ3) is 28.8. The number of para-hydroxylation sites is 1. The van der Waals surface area contributed by atoms with Crippen LogP contribution in [0.3, 0.4) is 0 Å². The van der Waals surface area contributed by atoms with E-state index >= 15 is 0 Å². The molecular formula is C61H107N9O6. The summed E-state index contributed by atoms with van der Waals surface area (Å²) in [5.74, 6) is 1.20. The Balaban J connectivity index is 0. The molecule has 0 unspecified atom stereocenters. The Morgan fingerprint density at radius 2 is 0.868 bits per heavy atom. The maximum Gasteiger partial charge on any atom is 0.312 e. The number of benzene rings is 2. The number of urea groups is 2. The Kier molecular flexibility index (Phi) is 36.8. The van der Waals surface area contributed by atoms with Crippen LogP contribution in [0.1, 0.15) is 174 Å². The normalized spacial score (nSPS) is 13.3. The van der Waals surface area contributed by atoms with E-state index in [2.05, 4.69) is 107 Å². The Bertz CT molecular complexity index is 2140. The molecule has 2 aromatic carbocycles. The number of aromatic nitrogens is 1. The van der Waals surface area contributed by atoms with Crippen molar-refractivity contribution in [2.24, 2.45) is 35.1 Å². The number of ketones is 4. The number of hydrogen-bond donors (Lipinski definition) is 9. The summed E-state index contributed by atoms with van der Waals surface area (Å²) in [5, 5.41) is 19.6. The minimum absolute atomic E-state index is 0. The van der Waals surface area contributed by atoms with E-state index in [1.54, 1.807) is 0 Å². The average molecular weight is 1060 g/mol. The van der Waals surface area contributed by atoms with Crippen LogP contribution in [0.5, 0.6) is 0 Å². The van der Waals surface area contributed by atoms with E-state index in [0.717, 1.165) is 50.5 Å². The Morgan fingerprint density at radius 1 is 0.500 bits per heavy atom. The number of rotatable bonds is 28. The third-order valence-electron chi connectivity index (χ3n) is 12.2. The summed E-state index contributed by atoms with van der Waals surface area (Å²) in [4.78, 5) is 72.9. The van der Waals surface area contributed by atoms with Gasteiger partial charge in [-0.25, -0.2) is 9.59 Å². The van der Waals surface area contributed by atoms with E-state index in [0.29, 0.717) is 31.0 Å². The molecule has 1 aromatic heterocycles. The molecule has 1 aliphatic rings. The van der Waals surface area contributed by atoms with E-state index in [-0.39, 0.29) is 92.1 Å². The monoisotopic (exact) mass is 1060 g/mol. The van der Waals surface area contributed by atoms with Crippen molar-refractivity contribution in [3.05, 3.63) is 77.5 Å². The van der Waals surface area contributed by atoms with Crippen molar-refractivity contribution in [3.8, 4) is 0 Å². The van der Waals surface area contributed by atoms with Crippen molar-refractivity contribution < 1.29 is 28.8 Å². The molecule has 76 heavy (non-hydrogen) atoms. The molecule has 1 heterocycles. The fourth-order valence-corrected chi connectivity index (χ4v) is 8.64. The summed E-state index contributed by atoms with van der Waals surface area (Å²) < 4.78 is 0. The number of H-pyrrole nitrogens is 1. The number of hydrogen-bond acceptors (Lipinski definition) is 10. The van der Waals surface area contributed by atoms with Gasteiger partial charge in [-0.2, -0.15) is 0 Å². The van der Waals surface area contributed by atoms with E-state index in [1.165, 1.54) is 27.6 Å². The number of Topliss-reactive ketones (excluding diaryl/α,β-unsaturated/α-hetero) is 4. The molecule has 0 saturated carbocycles. The molecule has 0 aliphatic heterocycles. The van der Waals surface area contributed by atoms with Crippen LogP contribution in [0.2, 0.25) is 0 Å². The van der Waals surface area contributed by atoms with Crippen LogP contribution in [-0.2, 0) is 32.0 Å². The first-order valence-electron chi connectivity index (χ1n) is 27.2. The van der Waals surface area contributed by atoms with Gasteiger partial charge in [0.1, 0.15) is 0 Å². The molecule has 0 spiro atoms. The summed E-state index contributed by atoms with van der Waals surface area (Å²) in [7, 11) is 0. The molecule has 0 saturated heterocycles. The largest absolute Gasteiger partial charge is 0.361 e. The van der Waals surface area contributed by atoms with Gasteiger partial charge < -0.3 is 48.4 Å². The zero-order valence-electron chi connectivity index (χ0n) is 48.2. The van der Waals surface area contributed by atoms with Crippen molar-refractivity contribution in [1.82, 2.24) is 36.9 Å². The van der Waals surface area contributed by atoms with Crippen LogP contribution in [0.15, 0.2) is 60.8 Å². The summed E-state index contributed by atoms with van der Waals surface area (Å²) in [5.41, 5.74) is 16.3. The molecule has 432 valence electrons. The summed E-state index contributed by atoms with van der Waals surface area (Å²) >= 11 is 0. The first kappa shape index (κ1) is 72.9. The van der Waals surface area contributed by atoms with Crippen LogP contribution in [0, 0.1) is 23.7 Å². The highest BCUT2D eigenvalue weighted by atomic mass is 16.2. The lowest BCUT2D eigenvalue weighted by Crippen LogP contribution is -2.44. The molecule has 11 N–H and O–H groups in total. The fourth-order valence-electron chi connectivity index (χ4n) is 8.64. The number of aromatic amines is 1. The second-order valence-corrected chi connectivity index (χ2v) is 21.9. The predicted molar refractivity (Wildman–Crippen MR) is 319 cm³/mol. The molecule has 0 fully saturated rings. The van der Waals surface area contributed by atoms with Crippen LogP contribution in [-0.4, -0.2) is 102 Å². The van der Waals surface area contributed by atoms with Gasteiger partial charge in [0.05, 0.1) is 24.2 Å². The standard InChI is InChI=1S/C18H25NO.C17H24N2O.2C12H25N3O2.2CH4/c1-12(2)18(20)17(19-13(3)4)11-15-10-9-14-7-5-6-8-16(14)15;1-11(2)17(20)16(19-12(3)4)9-13-10-18-15-8-6-5-7-14(13)15;2*1-8(2)11(16)10(15-9(3)4)6-5-7-14-12(13)17;;/h5-8,10,12-13,17,19H,9,11H2,1-4H3;5-8,10-12,16,18-19H,9H2,1-4H3;2*8-10,15H,5-7H2,1-4H3,(H3,13,14,17);2*1H4/t17-;16-;2*10-;;/m0000../s1. The lowest BCUT2D eigenvalue weighted by molar-refractivity contribution is -0.125. The Labute approximate surface area is 460 Å². The van der Waals surface area contributed by atoms with Gasteiger partial charge in [0.2, 0.25) is 0 Å². The second kappa shape index (κ2) is 38.3. The van der Waals surface area contributed by atoms with Crippen LogP contribution >= 0.6 is 0 Å². The number of primary amides is 2. The topological polar surface area (TPSA) is 242 Å². The quantitative estimate of drug-likeness (QED) is 0.0312. The first-order chi connectivity index (χ1) is 34.7. The molecule has 1 aliphatic carbocycles. The fraction of sp³-hybridized carbons (Fsp3) is 0.639. The molecule has 4 rings (SSSR count). The van der Waals surface area contributed by atoms with Gasteiger partial charge in [-0.05, 0) is 73.3 Å². The third-order valence-corrected chi connectivity index (χ3v) is 12.2. The van der Waals surface area contributed by atoms with Crippen molar-refractivity contribution in [2.45, 2.75) is 219 Å². The SMILES string of the molecule is C.C.CC(C)N[C@@H](CC1=CCc2ccccc21)C(=O)C(C)C.CC(C)N[C@@H](CCCNC(N)=O)C(=O)C(C)C.CC(C)N[C@@H](CCCNC(N)=O)C(=O)C(C)C.CC(C)N[C@@H](Cc1c[nH]c2ccccc12)C(=O)C(C)C. The van der Waals surface area contributed by atoms with Crippen molar-refractivity contribution in [2.75, 3.05) is 13.1 Å². The molecule has 15 nitrogen and oxygen atoms in total. The molecule has 0 radical (unpaired) electrons. The van der Waals surface area contributed by atoms with E-state index < -0.39 is 12.1 Å². The molecule has 4 amide bonds. The summed E-state index contributed by atoms with van der Waals surface area (Å²) in [6.45, 7) is 32.9. The maximum atomic E-state index is 12.4. The number of allylic oxidation sites excluding steroid dienone is 1. The Hall–Kier alpha value is -5.22. The molecule has 4 atom stereocenters. The van der Waals surface area contributed by atoms with Gasteiger partial charge >= 0.3 is 12.1 Å². The summed E-state index contributed by atoms with van der Waals surface area (Å²) in [6.07, 6.45) is 9.74. The number of amides is 4. The summed E-state index contributed by atoms with van der Waals surface area (Å²) in [6, 6.07) is 16.4. The number of nitrogens with two attached hydrogens (primary N) is 2. The number of nitrogens with one attached hydrogen (secondary N) is 7. The van der Waals surface area contributed by atoms with Gasteiger partial charge in [-0.3, -0.25) is 19.2 Å². The van der Waals surface area contributed by atoms with Crippen LogP contribution < -0.4 is 43.4 Å². The van der Waals surface area contributed by atoms with Crippen molar-refractivity contribution >= 4 is 51.7 Å². The zero-order chi connectivity index (χ0) is 56.2. The highest BCUT2D eigenvalue weighted by molar-refractivity contribution is 5.90. The lowest BCUT2D eigenvalue weighted by Gasteiger charge is -2.23. The minimum atomic E-state index is -0.520. The molecule has 15 heteroatoms. The van der Waals surface area contributed by atoms with E-state index in [1.807, 2.05) is 101 Å². The zero-order valence-corrected chi connectivity index (χ0v) is 48.2. The lowest BCUT2D eigenvalue weighted by atomic mass is 9.93. The van der Waals surface area contributed by atoms with E-state index in [4.69, 9.17) is 11.5 Å². The van der Waals surface area contributed by atoms with E-state index in [9.17, 15) is 28.8 Å². The average Bonchev–Trinajstić information content (AvgIpc) is 3.93. The maximum absolute atomic E-state index is 12.4. The second-order valence-electron chi connectivity index (χ2n) is 21.9. The van der Waals surface area contributed by atoms with Gasteiger partial charge in [0, 0.05) is 78.0 Å². The highest BCUT2D eigenvalue weighted by Crippen LogP contribution is 2.31. The van der Waals surface area contributed by atoms with Gasteiger partial charge in [-0.15, -0.1) is 0 Å². The first-order valence-corrected chi connectivity index (χ1v) is 27.2. The minimum Gasteiger partial charge on any atom is -0.361 e. The van der Waals surface area contributed by atoms with Crippen molar-refractivity contribution in [3.63, 3.8) is 0 Å². The van der Waals surface area contributed by atoms with Gasteiger partial charge in [0.15, 0.2) is 23.1 Å². The van der Waals surface area contributed by atoms with Crippen LogP contribution in [0.4, 0.5) is 9.59 Å². The van der Waals surface area contributed by atoms with Gasteiger partial charge in [0.25, 0.3) is 0 Å². The van der Waals surface area contributed by atoms with Crippen LogP contribution in [0.25, 0.3) is 16.5 Å².